The van der Waals surface area contributed by atoms with E-state index in [9.17, 15) is 0 Å². The molecule has 18 aromatic carbocycles. The first-order valence-electron chi connectivity index (χ1n) is 39.8. The summed E-state index contributed by atoms with van der Waals surface area (Å²) in [5, 5.41) is 17.2. The highest BCUT2D eigenvalue weighted by Gasteiger charge is 2.33. The van der Waals surface area contributed by atoms with Crippen molar-refractivity contribution in [3.05, 3.63) is 364 Å². The molecular formula is C102H60N8O2. The molecule has 2 aliphatic heterocycles. The topological polar surface area (TPSA) is 110 Å². The van der Waals surface area contributed by atoms with Crippen molar-refractivity contribution >= 4 is 143 Å². The summed E-state index contributed by atoms with van der Waals surface area (Å²) in [4.78, 5) is 35.8. The smallest absolute Gasteiger partial charge is 0.167 e. The first kappa shape index (κ1) is 57.9. The van der Waals surface area contributed by atoms with Gasteiger partial charge in [-0.05, 0) is 115 Å². The SMILES string of the molecule is [2H]c1c([2H])c([2H])c(-c2nc(-c3cc(N4c5c(ccc6ccccc56)-c5cccc6cccc4c56)cc4ccccc34)nc(-c3cccc4c3oc3ccccc34)n2)c([2H])c1[2H].c1ccc(-c2nc(-c3ccc4c(c3)oc3ccccc34)nc(-c3c(N4c5c(ccc6ccccc56)-c5cccc6cccc4c56)ccc4ccccc34)n2)cc1. The number of benzene rings is 18. The molecule has 112 heavy (non-hydrogen) atoms. The Bertz CT molecular complexity index is 7990. The van der Waals surface area contributed by atoms with Crippen LogP contribution < -0.4 is 9.80 Å². The molecule has 6 heterocycles. The number of nitrogens with zero attached hydrogens (tertiary/aromatic N) is 8. The van der Waals surface area contributed by atoms with Gasteiger partial charge in [0.05, 0.1) is 46.4 Å². The fourth-order valence-corrected chi connectivity index (χ4v) is 17.2. The van der Waals surface area contributed by atoms with E-state index in [4.69, 9.17) is 45.6 Å². The summed E-state index contributed by atoms with van der Waals surface area (Å²) in [5.41, 5.74) is 17.7. The van der Waals surface area contributed by atoms with Crippen LogP contribution in [0.3, 0.4) is 0 Å². The summed E-state index contributed by atoms with van der Waals surface area (Å²) in [6.45, 7) is 0. The third-order valence-electron chi connectivity index (χ3n) is 22.1. The molecule has 0 saturated carbocycles. The summed E-state index contributed by atoms with van der Waals surface area (Å²) in [7, 11) is 0. The number of aromatic nitrogens is 6. The molecule has 0 bridgehead atoms. The van der Waals surface area contributed by atoms with Gasteiger partial charge in [0.25, 0.3) is 0 Å². The lowest BCUT2D eigenvalue weighted by atomic mass is 9.88. The molecule has 10 heteroatoms. The van der Waals surface area contributed by atoms with E-state index in [0.717, 1.165) is 138 Å². The van der Waals surface area contributed by atoms with E-state index < -0.39 is 30.2 Å². The number of hydrogen-bond donors (Lipinski definition) is 0. The van der Waals surface area contributed by atoms with Crippen molar-refractivity contribution in [3.63, 3.8) is 0 Å². The molecule has 0 amide bonds. The molecule has 2 aliphatic rings. The van der Waals surface area contributed by atoms with Crippen molar-refractivity contribution in [2.24, 2.45) is 0 Å². The second kappa shape index (κ2) is 25.2. The normalized spacial score (nSPS) is 12.9. The monoisotopic (exact) mass is 1430 g/mol. The van der Waals surface area contributed by atoms with Gasteiger partial charge in [0.2, 0.25) is 0 Å². The number of rotatable bonds is 8. The first-order chi connectivity index (χ1) is 57.6. The van der Waals surface area contributed by atoms with Gasteiger partial charge in [-0.25, -0.2) is 29.9 Å². The lowest BCUT2D eigenvalue weighted by Gasteiger charge is -2.35. The second-order valence-corrected chi connectivity index (χ2v) is 28.4. The average Bonchev–Trinajstić information content (AvgIpc) is 1.31. The van der Waals surface area contributed by atoms with Crippen molar-refractivity contribution in [1.82, 2.24) is 29.9 Å². The summed E-state index contributed by atoms with van der Waals surface area (Å²) >= 11 is 0. The Labute approximate surface area is 648 Å². The Morgan fingerprint density at radius 2 is 0.705 bits per heavy atom. The third kappa shape index (κ3) is 9.99. The van der Waals surface area contributed by atoms with Crippen LogP contribution in [0, 0.1) is 0 Å². The van der Waals surface area contributed by atoms with Gasteiger partial charge < -0.3 is 18.6 Å². The van der Waals surface area contributed by atoms with Crippen LogP contribution in [-0.4, -0.2) is 29.9 Å². The fraction of sp³-hybridized carbons (Fsp3) is 0. The van der Waals surface area contributed by atoms with Crippen LogP contribution in [0.4, 0.5) is 34.1 Å². The highest BCUT2D eigenvalue weighted by molar-refractivity contribution is 6.23. The third-order valence-corrected chi connectivity index (χ3v) is 22.1. The van der Waals surface area contributed by atoms with Crippen LogP contribution >= 0.6 is 0 Å². The molecule has 10 nitrogen and oxygen atoms in total. The molecule has 0 N–H and O–H groups in total. The van der Waals surface area contributed by atoms with Gasteiger partial charge in [0.15, 0.2) is 34.9 Å². The number of fused-ring (bicyclic) bond motifs is 16. The fourth-order valence-electron chi connectivity index (χ4n) is 17.2. The molecule has 24 rings (SSSR count). The molecule has 0 atom stereocenters. The lowest BCUT2D eigenvalue weighted by molar-refractivity contribution is 0.669. The van der Waals surface area contributed by atoms with Gasteiger partial charge in [-0.2, -0.15) is 0 Å². The Morgan fingerprint density at radius 3 is 1.39 bits per heavy atom. The minimum absolute atomic E-state index is 0.0485. The van der Waals surface area contributed by atoms with Gasteiger partial charge >= 0.3 is 0 Å². The van der Waals surface area contributed by atoms with Crippen molar-refractivity contribution in [2.75, 3.05) is 9.80 Å². The average molecular weight is 1430 g/mol. The van der Waals surface area contributed by atoms with E-state index in [1.54, 1.807) is 0 Å². The van der Waals surface area contributed by atoms with E-state index in [2.05, 4.69) is 246 Å². The summed E-state index contributed by atoms with van der Waals surface area (Å²) in [5.74, 6) is 2.23. The van der Waals surface area contributed by atoms with Crippen LogP contribution in [0.2, 0.25) is 0 Å². The minimum Gasteiger partial charge on any atom is -0.456 e. The van der Waals surface area contributed by atoms with E-state index in [1.165, 1.54) is 32.7 Å². The summed E-state index contributed by atoms with van der Waals surface area (Å²) in [6, 6.07) is 113. The predicted octanol–water partition coefficient (Wildman–Crippen LogP) is 27.4. The maximum Gasteiger partial charge on any atom is 0.167 e. The molecule has 0 radical (unpaired) electrons. The van der Waals surface area contributed by atoms with E-state index in [0.29, 0.717) is 39.8 Å². The molecule has 0 unspecified atom stereocenters. The molecule has 0 spiro atoms. The van der Waals surface area contributed by atoms with Crippen LogP contribution in [0.15, 0.2) is 373 Å². The molecule has 520 valence electrons. The number of hydrogen-bond acceptors (Lipinski definition) is 10. The van der Waals surface area contributed by atoms with Gasteiger partial charge in [0.1, 0.15) is 22.3 Å². The summed E-state index contributed by atoms with van der Waals surface area (Å²) < 4.78 is 56.2. The molecular weight excluding hydrogens is 1370 g/mol. The first-order valence-corrected chi connectivity index (χ1v) is 37.3. The van der Waals surface area contributed by atoms with Crippen molar-refractivity contribution in [1.29, 1.82) is 0 Å². The Kier molecular flexibility index (Phi) is 13.0. The second-order valence-electron chi connectivity index (χ2n) is 28.4. The number of para-hydroxylation sites is 3. The molecule has 0 saturated heterocycles. The van der Waals surface area contributed by atoms with Crippen LogP contribution in [0.25, 0.3) is 199 Å². The van der Waals surface area contributed by atoms with E-state index in [-0.39, 0.29) is 23.0 Å². The maximum absolute atomic E-state index is 8.98. The van der Waals surface area contributed by atoms with E-state index in [1.807, 2.05) is 97.1 Å². The largest absolute Gasteiger partial charge is 0.456 e. The number of furan rings is 2. The molecule has 4 aromatic heterocycles. The minimum atomic E-state index is -0.495. The molecule has 0 fully saturated rings. The van der Waals surface area contributed by atoms with Gasteiger partial charge in [-0.3, -0.25) is 0 Å². The zero-order valence-corrected chi connectivity index (χ0v) is 59.6. The van der Waals surface area contributed by atoms with Gasteiger partial charge in [-0.15, -0.1) is 0 Å². The standard InChI is InChI=1S/2C51H30N4O/c1-2-14-33(15-3-1)49-52-50(42-24-12-23-41-38-21-8-9-26-45(38)56-48(41)42)54-51(53-49)43-30-35(29-34-16-5-6-19-36(34)43)55-44-25-11-18-32-17-10-22-39(46(32)44)40-28-27-31-13-4-7-20-37(31)47(40)55;1-2-14-34(15-3-1)49-52-50(35-25-27-39-38-20-8-9-23-44(38)56-45(39)30-35)54-51(53-49)47-36-18-6-4-12-31(36)26-29-43(47)55-42-22-11-17-33-16-10-21-40(46(33)42)41-28-24-32-13-5-7-19-37(32)48(41)55/h2*1-30H/i1D,2D,3D,14D,15D;. The Hall–Kier alpha value is -15.3. The predicted molar refractivity (Wildman–Crippen MR) is 459 cm³/mol. The zero-order chi connectivity index (χ0) is 77.8. The Morgan fingerprint density at radius 1 is 0.241 bits per heavy atom. The molecule has 0 aliphatic carbocycles. The highest BCUT2D eigenvalue weighted by Crippen LogP contribution is 2.58. The quantitative estimate of drug-likeness (QED) is 0.146. The van der Waals surface area contributed by atoms with Gasteiger partial charge in [0, 0.05) is 82.2 Å². The van der Waals surface area contributed by atoms with Crippen LogP contribution in [0.5, 0.6) is 0 Å². The maximum atomic E-state index is 8.98. The van der Waals surface area contributed by atoms with Crippen LogP contribution in [0.1, 0.15) is 6.85 Å². The van der Waals surface area contributed by atoms with Crippen molar-refractivity contribution < 1.29 is 15.7 Å². The summed E-state index contributed by atoms with van der Waals surface area (Å²) in [6.07, 6.45) is 0. The van der Waals surface area contributed by atoms with Gasteiger partial charge in [-0.1, -0.05) is 303 Å². The van der Waals surface area contributed by atoms with Crippen LogP contribution in [-0.2, 0) is 0 Å². The molecule has 22 aromatic rings. The van der Waals surface area contributed by atoms with E-state index >= 15 is 0 Å². The van der Waals surface area contributed by atoms with Crippen molar-refractivity contribution in [3.8, 4) is 90.6 Å². The van der Waals surface area contributed by atoms with Crippen molar-refractivity contribution in [2.45, 2.75) is 0 Å². The lowest BCUT2D eigenvalue weighted by Crippen LogP contribution is -2.17. The highest BCUT2D eigenvalue weighted by atomic mass is 16.3. The Balaban J connectivity index is 0.000000138. The number of anilines is 6. The zero-order valence-electron chi connectivity index (χ0n) is 64.6.